The summed E-state index contributed by atoms with van der Waals surface area (Å²) < 4.78 is 5.37. The van der Waals surface area contributed by atoms with Gasteiger partial charge in [-0.3, -0.25) is 4.79 Å². The van der Waals surface area contributed by atoms with E-state index >= 15 is 0 Å². The Morgan fingerprint density at radius 2 is 2.42 bits per heavy atom. The van der Waals surface area contributed by atoms with Gasteiger partial charge in [0.05, 0.1) is 0 Å². The minimum atomic E-state index is -0.451. The van der Waals surface area contributed by atoms with E-state index in [9.17, 15) is 9.59 Å². The molecule has 0 unspecified atom stereocenters. The van der Waals surface area contributed by atoms with Crippen molar-refractivity contribution in [2.75, 3.05) is 13.6 Å². The van der Waals surface area contributed by atoms with E-state index in [0.717, 1.165) is 0 Å². The van der Waals surface area contributed by atoms with E-state index < -0.39 is 11.6 Å². The van der Waals surface area contributed by atoms with Gasteiger partial charge in [-0.1, -0.05) is 4.74 Å². The third-order valence-corrected chi connectivity index (χ3v) is 1.55. The summed E-state index contributed by atoms with van der Waals surface area (Å²) >= 11 is 0. The molecule has 1 heterocycles. The lowest BCUT2D eigenvalue weighted by atomic mass is 10.6. The first-order valence-electron chi connectivity index (χ1n) is 3.59. The van der Waals surface area contributed by atoms with E-state index in [1.165, 1.54) is 17.2 Å². The molecule has 1 amide bonds. The van der Waals surface area contributed by atoms with Crippen molar-refractivity contribution in [2.45, 2.75) is 6.92 Å². The minimum absolute atomic E-state index is 0.444. The van der Waals surface area contributed by atoms with Crippen molar-refractivity contribution >= 4 is 6.03 Å². The summed E-state index contributed by atoms with van der Waals surface area (Å²) in [4.78, 5) is 23.5. The van der Waals surface area contributed by atoms with Gasteiger partial charge in [0.15, 0.2) is 0 Å². The largest absolute Gasteiger partial charge is 0.375 e. The predicted octanol–water partition coefficient (Wildman–Crippen LogP) is 0.361. The standard InChI is InChI=1S/C7H10N2O3/c1-3-8(2)7(11)9-6(10)4-5-12-9/h4-5H,3H2,1-2H3. The molecule has 1 aromatic heterocycles. The molecule has 0 saturated heterocycles. The second kappa shape index (κ2) is 3.25. The zero-order valence-electron chi connectivity index (χ0n) is 6.98. The molecule has 0 bridgehead atoms. The lowest BCUT2D eigenvalue weighted by Crippen LogP contribution is -2.35. The number of aromatic nitrogens is 1. The molecule has 0 radical (unpaired) electrons. The van der Waals surface area contributed by atoms with Crippen LogP contribution in [0, 0.1) is 0 Å². The van der Waals surface area contributed by atoms with E-state index in [1.807, 2.05) is 6.92 Å². The SMILES string of the molecule is CCN(C)C(=O)n1occc1=O. The third kappa shape index (κ3) is 1.39. The van der Waals surface area contributed by atoms with Gasteiger partial charge in [0.2, 0.25) is 0 Å². The van der Waals surface area contributed by atoms with Crippen molar-refractivity contribution in [2.24, 2.45) is 0 Å². The summed E-state index contributed by atoms with van der Waals surface area (Å²) in [5.41, 5.74) is -0.444. The van der Waals surface area contributed by atoms with Crippen molar-refractivity contribution in [3.8, 4) is 0 Å². The fraction of sp³-hybridized carbons (Fsp3) is 0.429. The molecule has 1 rings (SSSR count). The summed E-state index contributed by atoms with van der Waals surface area (Å²) in [6.45, 7) is 2.35. The normalized spacial score (nSPS) is 9.83. The van der Waals surface area contributed by atoms with Gasteiger partial charge in [0.25, 0.3) is 5.56 Å². The molecular formula is C7H10N2O3. The van der Waals surface area contributed by atoms with Crippen molar-refractivity contribution in [3.63, 3.8) is 0 Å². The summed E-state index contributed by atoms with van der Waals surface area (Å²) in [6, 6.07) is 0.744. The second-order valence-corrected chi connectivity index (χ2v) is 2.34. The Morgan fingerprint density at radius 3 is 2.83 bits per heavy atom. The maximum atomic E-state index is 11.3. The molecule has 0 saturated carbocycles. The van der Waals surface area contributed by atoms with Gasteiger partial charge in [-0.05, 0) is 6.92 Å². The number of hydrogen-bond donors (Lipinski definition) is 0. The topological polar surface area (TPSA) is 55.5 Å². The molecule has 0 aromatic carbocycles. The number of nitrogens with zero attached hydrogens (tertiary/aromatic N) is 2. The van der Waals surface area contributed by atoms with Gasteiger partial charge in [0.1, 0.15) is 6.26 Å². The second-order valence-electron chi connectivity index (χ2n) is 2.34. The van der Waals surface area contributed by atoms with Gasteiger partial charge >= 0.3 is 6.03 Å². The third-order valence-electron chi connectivity index (χ3n) is 1.55. The zero-order chi connectivity index (χ0) is 9.14. The highest BCUT2D eigenvalue weighted by Crippen LogP contribution is 1.89. The van der Waals surface area contributed by atoms with E-state index in [-0.39, 0.29) is 0 Å². The average Bonchev–Trinajstić information content (AvgIpc) is 2.48. The van der Waals surface area contributed by atoms with Gasteiger partial charge < -0.3 is 9.42 Å². The molecule has 0 fully saturated rings. The number of carbonyl (C=O) groups is 1. The highest BCUT2D eigenvalue weighted by Gasteiger charge is 2.12. The Labute approximate surface area is 69.1 Å². The molecule has 0 aliphatic rings. The summed E-state index contributed by atoms with van der Waals surface area (Å²) in [6.07, 6.45) is 1.18. The maximum Gasteiger partial charge on any atom is 0.360 e. The van der Waals surface area contributed by atoms with Crippen LogP contribution in [0.3, 0.4) is 0 Å². The van der Waals surface area contributed by atoms with Crippen LogP contribution in [0.4, 0.5) is 4.79 Å². The lowest BCUT2D eigenvalue weighted by molar-refractivity contribution is 0.179. The van der Waals surface area contributed by atoms with Crippen LogP contribution in [0.15, 0.2) is 21.6 Å². The van der Waals surface area contributed by atoms with Gasteiger partial charge in [-0.25, -0.2) is 4.79 Å². The van der Waals surface area contributed by atoms with E-state index in [1.54, 1.807) is 7.05 Å². The van der Waals surface area contributed by atoms with Crippen molar-refractivity contribution in [3.05, 3.63) is 22.7 Å². The Bertz CT molecular complexity index is 325. The average molecular weight is 170 g/mol. The van der Waals surface area contributed by atoms with Crippen molar-refractivity contribution < 1.29 is 9.32 Å². The molecule has 0 atom stereocenters. The first-order valence-corrected chi connectivity index (χ1v) is 3.59. The Hall–Kier alpha value is -1.52. The quantitative estimate of drug-likeness (QED) is 0.611. The summed E-state index contributed by atoms with van der Waals surface area (Å²) in [7, 11) is 1.59. The van der Waals surface area contributed by atoms with Gasteiger partial charge in [-0.15, -0.1) is 0 Å². The van der Waals surface area contributed by atoms with Crippen LogP contribution >= 0.6 is 0 Å². The number of amides is 1. The van der Waals surface area contributed by atoms with Crippen molar-refractivity contribution in [1.29, 1.82) is 0 Å². The highest BCUT2D eigenvalue weighted by molar-refractivity contribution is 5.74. The van der Waals surface area contributed by atoms with Crippen LogP contribution < -0.4 is 5.56 Å². The monoisotopic (exact) mass is 170 g/mol. The van der Waals surface area contributed by atoms with Crippen molar-refractivity contribution in [1.82, 2.24) is 9.64 Å². The molecule has 0 aliphatic carbocycles. The first-order chi connectivity index (χ1) is 5.66. The first kappa shape index (κ1) is 8.58. The fourth-order valence-electron chi connectivity index (χ4n) is 0.699. The van der Waals surface area contributed by atoms with Gasteiger partial charge in [-0.2, -0.15) is 0 Å². The molecule has 5 nitrogen and oxygen atoms in total. The number of carbonyl (C=O) groups excluding carboxylic acids is 1. The fourth-order valence-corrected chi connectivity index (χ4v) is 0.699. The van der Waals surface area contributed by atoms with Crippen LogP contribution in [-0.4, -0.2) is 29.3 Å². The summed E-state index contributed by atoms with van der Waals surface area (Å²) in [5.74, 6) is 0. The molecule has 0 aliphatic heterocycles. The Morgan fingerprint density at radius 1 is 1.75 bits per heavy atom. The predicted molar refractivity (Wildman–Crippen MR) is 42.1 cm³/mol. The maximum absolute atomic E-state index is 11.3. The molecule has 66 valence electrons. The minimum Gasteiger partial charge on any atom is -0.375 e. The molecular weight excluding hydrogens is 160 g/mol. The van der Waals surface area contributed by atoms with Crippen LogP contribution in [0.2, 0.25) is 0 Å². The zero-order valence-corrected chi connectivity index (χ0v) is 6.98. The molecule has 1 aromatic rings. The number of rotatable bonds is 1. The highest BCUT2D eigenvalue weighted by atomic mass is 16.5. The van der Waals surface area contributed by atoms with E-state index in [0.29, 0.717) is 11.3 Å². The molecule has 0 spiro atoms. The van der Waals surface area contributed by atoms with E-state index in [2.05, 4.69) is 4.52 Å². The van der Waals surface area contributed by atoms with Gasteiger partial charge in [0, 0.05) is 19.7 Å². The van der Waals surface area contributed by atoms with E-state index in [4.69, 9.17) is 0 Å². The van der Waals surface area contributed by atoms with Crippen LogP contribution in [0.25, 0.3) is 0 Å². The van der Waals surface area contributed by atoms with Crippen LogP contribution in [-0.2, 0) is 0 Å². The van der Waals surface area contributed by atoms with Crippen LogP contribution in [0.5, 0.6) is 0 Å². The van der Waals surface area contributed by atoms with Crippen LogP contribution in [0.1, 0.15) is 6.92 Å². The molecule has 12 heavy (non-hydrogen) atoms. The molecule has 0 N–H and O–H groups in total. The summed E-state index contributed by atoms with van der Waals surface area (Å²) in [5, 5.41) is 0. The Kier molecular flexibility index (Phi) is 2.32. The lowest BCUT2D eigenvalue weighted by Gasteiger charge is -2.11. The Balaban J connectivity index is 2.93. The molecule has 5 heteroatoms. The smallest absolute Gasteiger partial charge is 0.360 e. The number of hydrogen-bond acceptors (Lipinski definition) is 3.